The van der Waals surface area contributed by atoms with Crippen molar-refractivity contribution in [3.8, 4) is 0 Å². The molecular formula is C17H18FN2O2+. The molecule has 114 valence electrons. The SMILES string of the molecule is CC1C(c2ccccc2)=[N+](O)C(C)(c2ccc(F)cc2)N1O. The molecule has 2 unspecified atom stereocenters. The highest BCUT2D eigenvalue weighted by Gasteiger charge is 2.58. The lowest BCUT2D eigenvalue weighted by Crippen LogP contribution is -2.46. The molecule has 0 saturated heterocycles. The van der Waals surface area contributed by atoms with E-state index in [1.54, 1.807) is 26.0 Å². The van der Waals surface area contributed by atoms with Gasteiger partial charge in [0, 0.05) is 22.8 Å². The van der Waals surface area contributed by atoms with Crippen molar-refractivity contribution in [2.75, 3.05) is 0 Å². The summed E-state index contributed by atoms with van der Waals surface area (Å²) in [6, 6.07) is 14.7. The van der Waals surface area contributed by atoms with E-state index >= 15 is 0 Å². The van der Waals surface area contributed by atoms with Crippen LogP contribution in [0, 0.1) is 5.82 Å². The number of rotatable bonds is 2. The number of nitrogens with zero attached hydrogens (tertiary/aromatic N) is 2. The van der Waals surface area contributed by atoms with E-state index in [9.17, 15) is 14.8 Å². The van der Waals surface area contributed by atoms with E-state index in [0.29, 0.717) is 11.3 Å². The number of hydrogen-bond donors (Lipinski definition) is 2. The Kier molecular flexibility index (Phi) is 3.47. The third kappa shape index (κ3) is 2.01. The number of hydrogen-bond acceptors (Lipinski definition) is 3. The van der Waals surface area contributed by atoms with Crippen molar-refractivity contribution < 1.29 is 19.5 Å². The molecule has 0 amide bonds. The van der Waals surface area contributed by atoms with Crippen LogP contribution in [0.1, 0.15) is 25.0 Å². The van der Waals surface area contributed by atoms with Gasteiger partial charge < -0.3 is 5.21 Å². The zero-order valence-electron chi connectivity index (χ0n) is 12.4. The summed E-state index contributed by atoms with van der Waals surface area (Å²) in [4.78, 5) is 0. The summed E-state index contributed by atoms with van der Waals surface area (Å²) in [5.41, 5.74) is 0.826. The van der Waals surface area contributed by atoms with E-state index in [4.69, 9.17) is 0 Å². The lowest BCUT2D eigenvalue weighted by molar-refractivity contribution is -0.846. The van der Waals surface area contributed by atoms with Crippen LogP contribution in [0.2, 0.25) is 0 Å². The quantitative estimate of drug-likeness (QED) is 0.662. The van der Waals surface area contributed by atoms with Crippen molar-refractivity contribution >= 4 is 5.71 Å². The Morgan fingerprint density at radius 1 is 1.09 bits per heavy atom. The van der Waals surface area contributed by atoms with Gasteiger partial charge in [0.2, 0.25) is 0 Å². The highest BCUT2D eigenvalue weighted by Crippen LogP contribution is 2.35. The van der Waals surface area contributed by atoms with Gasteiger partial charge in [-0.3, -0.25) is 5.21 Å². The van der Waals surface area contributed by atoms with Gasteiger partial charge in [-0.1, -0.05) is 18.2 Å². The molecule has 1 aliphatic rings. The summed E-state index contributed by atoms with van der Waals surface area (Å²) in [5, 5.41) is 22.4. The Morgan fingerprint density at radius 3 is 2.27 bits per heavy atom. The zero-order valence-corrected chi connectivity index (χ0v) is 12.4. The van der Waals surface area contributed by atoms with Crippen LogP contribution in [0.5, 0.6) is 0 Å². The maximum Gasteiger partial charge on any atom is 0.312 e. The van der Waals surface area contributed by atoms with Crippen molar-refractivity contribution in [2.45, 2.75) is 25.6 Å². The lowest BCUT2D eigenvalue weighted by atomic mass is 10.0. The van der Waals surface area contributed by atoms with Gasteiger partial charge in [-0.05, 0) is 43.3 Å². The largest absolute Gasteiger partial charge is 0.312 e. The van der Waals surface area contributed by atoms with E-state index < -0.39 is 11.7 Å². The lowest BCUT2D eigenvalue weighted by Gasteiger charge is -2.25. The van der Waals surface area contributed by atoms with Crippen molar-refractivity contribution in [3.63, 3.8) is 0 Å². The highest BCUT2D eigenvalue weighted by molar-refractivity contribution is 6.01. The van der Waals surface area contributed by atoms with Gasteiger partial charge in [-0.25, -0.2) is 4.39 Å². The number of halogens is 1. The van der Waals surface area contributed by atoms with E-state index in [0.717, 1.165) is 15.4 Å². The second-order valence-corrected chi connectivity index (χ2v) is 5.61. The molecule has 5 heteroatoms. The van der Waals surface area contributed by atoms with Gasteiger partial charge in [-0.15, -0.1) is 5.06 Å². The minimum absolute atomic E-state index is 0.361. The summed E-state index contributed by atoms with van der Waals surface area (Å²) in [7, 11) is 0. The summed E-state index contributed by atoms with van der Waals surface area (Å²) < 4.78 is 14.2. The van der Waals surface area contributed by atoms with Crippen molar-refractivity contribution in [2.24, 2.45) is 0 Å². The molecule has 0 bridgehead atoms. The molecule has 0 saturated carbocycles. The second-order valence-electron chi connectivity index (χ2n) is 5.61. The fraction of sp³-hybridized carbons (Fsp3) is 0.235. The van der Waals surface area contributed by atoms with Gasteiger partial charge in [0.25, 0.3) is 5.71 Å². The van der Waals surface area contributed by atoms with Gasteiger partial charge in [0.05, 0.1) is 0 Å². The fourth-order valence-electron chi connectivity index (χ4n) is 2.99. The minimum Gasteiger partial charge on any atom is -0.307 e. The Bertz CT molecular complexity index is 715. The molecule has 0 aliphatic carbocycles. The van der Waals surface area contributed by atoms with Gasteiger partial charge in [0.1, 0.15) is 11.9 Å². The van der Waals surface area contributed by atoms with E-state index in [2.05, 4.69) is 0 Å². The van der Waals surface area contributed by atoms with Crippen LogP contribution < -0.4 is 0 Å². The molecule has 2 aromatic rings. The molecule has 0 fully saturated rings. The van der Waals surface area contributed by atoms with Gasteiger partial charge in [-0.2, -0.15) is 0 Å². The third-order valence-corrected chi connectivity index (χ3v) is 4.31. The molecular weight excluding hydrogens is 283 g/mol. The molecule has 2 N–H and O–H groups in total. The van der Waals surface area contributed by atoms with Crippen LogP contribution in [0.3, 0.4) is 0 Å². The Balaban J connectivity index is 2.16. The van der Waals surface area contributed by atoms with Crippen molar-refractivity contribution in [1.82, 2.24) is 5.06 Å². The average Bonchev–Trinajstić information content (AvgIpc) is 2.71. The molecule has 0 spiro atoms. The molecule has 2 atom stereocenters. The topological polar surface area (TPSA) is 46.7 Å². The summed E-state index contributed by atoms with van der Waals surface area (Å²) in [5.74, 6) is -0.361. The van der Waals surface area contributed by atoms with E-state index in [-0.39, 0.29) is 5.82 Å². The monoisotopic (exact) mass is 301 g/mol. The maximum absolute atomic E-state index is 13.2. The predicted octanol–water partition coefficient (Wildman–Crippen LogP) is 2.98. The molecule has 2 aromatic carbocycles. The standard InChI is InChI=1S/C17H18FN2O2/c1-12-16(13-6-4-3-5-7-13)20(22)17(2,19(12)21)14-8-10-15(18)11-9-14/h3-12,21-22H,1-2H3/q+1. The third-order valence-electron chi connectivity index (χ3n) is 4.31. The first kappa shape index (κ1) is 14.7. The van der Waals surface area contributed by atoms with E-state index in [1.165, 1.54) is 12.1 Å². The van der Waals surface area contributed by atoms with Crippen LogP contribution >= 0.6 is 0 Å². The minimum atomic E-state index is -1.18. The van der Waals surface area contributed by atoms with Crippen LogP contribution in [-0.4, -0.2) is 32.0 Å². The summed E-state index contributed by atoms with van der Waals surface area (Å²) in [6.07, 6.45) is 0. The van der Waals surface area contributed by atoms with Crippen LogP contribution in [-0.2, 0) is 5.66 Å². The summed E-state index contributed by atoms with van der Waals surface area (Å²) >= 11 is 0. The van der Waals surface area contributed by atoms with E-state index in [1.807, 2.05) is 30.3 Å². The number of hydroxylamine groups is 3. The first-order valence-corrected chi connectivity index (χ1v) is 7.12. The second kappa shape index (κ2) is 5.19. The average molecular weight is 301 g/mol. The predicted molar refractivity (Wildman–Crippen MR) is 79.4 cm³/mol. The van der Waals surface area contributed by atoms with Crippen molar-refractivity contribution in [1.29, 1.82) is 0 Å². The van der Waals surface area contributed by atoms with Gasteiger partial charge in [0.15, 0.2) is 0 Å². The highest BCUT2D eigenvalue weighted by atomic mass is 19.1. The van der Waals surface area contributed by atoms with Gasteiger partial charge >= 0.3 is 5.66 Å². The maximum atomic E-state index is 13.2. The molecule has 3 rings (SSSR count). The molecule has 22 heavy (non-hydrogen) atoms. The van der Waals surface area contributed by atoms with Crippen LogP contribution in [0.4, 0.5) is 4.39 Å². The molecule has 0 radical (unpaired) electrons. The smallest absolute Gasteiger partial charge is 0.307 e. The normalized spacial score (nSPS) is 25.7. The Morgan fingerprint density at radius 2 is 1.68 bits per heavy atom. The molecule has 0 aromatic heterocycles. The summed E-state index contributed by atoms with van der Waals surface area (Å²) in [6.45, 7) is 3.49. The zero-order chi connectivity index (χ0) is 15.9. The van der Waals surface area contributed by atoms with Crippen LogP contribution in [0.15, 0.2) is 54.6 Å². The number of benzene rings is 2. The van der Waals surface area contributed by atoms with Crippen molar-refractivity contribution in [3.05, 3.63) is 71.5 Å². The molecule has 4 nitrogen and oxygen atoms in total. The fourth-order valence-corrected chi connectivity index (χ4v) is 2.99. The Hall–Kier alpha value is -2.24. The first-order valence-electron chi connectivity index (χ1n) is 7.12. The first-order chi connectivity index (χ1) is 10.5. The molecule has 1 aliphatic heterocycles. The molecule has 1 heterocycles. The Labute approximate surface area is 128 Å². The van der Waals surface area contributed by atoms with Crippen LogP contribution in [0.25, 0.3) is 0 Å².